The van der Waals surface area contributed by atoms with Crippen molar-refractivity contribution in [2.45, 2.75) is 120 Å². The number of carbonyl (C=O) groups excluding carboxylic acids is 2. The first-order valence-electron chi connectivity index (χ1n) is 15.4. The molecule has 0 spiro atoms. The van der Waals surface area contributed by atoms with Crippen molar-refractivity contribution >= 4 is 11.9 Å². The zero-order valence-corrected chi connectivity index (χ0v) is 27.8. The van der Waals surface area contributed by atoms with Crippen LogP contribution in [0.4, 0.5) is 0 Å². The van der Waals surface area contributed by atoms with Crippen LogP contribution in [-0.4, -0.2) is 26.2 Å². The largest absolute Gasteiger partial charge is 0.469 e. The van der Waals surface area contributed by atoms with Gasteiger partial charge in [0, 0.05) is 0 Å². The molecule has 0 amide bonds. The highest BCUT2D eigenvalue weighted by Gasteiger charge is 2.53. The Hall–Kier alpha value is -2.62. The fourth-order valence-electron chi connectivity index (χ4n) is 5.60. The average molecular weight is 567 g/mol. The molecular formula is C37H58O4. The second kappa shape index (κ2) is 18.7. The molecule has 230 valence electrons. The summed E-state index contributed by atoms with van der Waals surface area (Å²) in [6, 6.07) is 0. The third-order valence-electron chi connectivity index (χ3n) is 8.40. The Balaban J connectivity index is 3.08. The summed E-state index contributed by atoms with van der Waals surface area (Å²) in [7, 11) is 2.82. The summed E-state index contributed by atoms with van der Waals surface area (Å²) in [6.07, 6.45) is 23.0. The van der Waals surface area contributed by atoms with Crippen molar-refractivity contribution < 1.29 is 19.1 Å². The molecule has 0 aromatic carbocycles. The van der Waals surface area contributed by atoms with Crippen LogP contribution in [0.1, 0.15) is 120 Å². The van der Waals surface area contributed by atoms with E-state index in [4.69, 9.17) is 9.47 Å². The lowest BCUT2D eigenvalue weighted by atomic mass is 9.60. The minimum atomic E-state index is -0.973. The van der Waals surface area contributed by atoms with E-state index < -0.39 is 11.3 Å². The first kappa shape index (κ1) is 36.4. The highest BCUT2D eigenvalue weighted by atomic mass is 16.5. The maximum absolute atomic E-state index is 13.2. The number of carbonyl (C=O) groups is 2. The number of ether oxygens (including phenoxy) is 2. The molecule has 3 unspecified atom stereocenters. The molecule has 4 heteroatoms. The van der Waals surface area contributed by atoms with Gasteiger partial charge in [-0.25, -0.2) is 0 Å². The fraction of sp³-hybridized carbons (Fsp3) is 0.622. The van der Waals surface area contributed by atoms with E-state index in [-0.39, 0.29) is 17.9 Å². The third-order valence-corrected chi connectivity index (χ3v) is 8.40. The van der Waals surface area contributed by atoms with Gasteiger partial charge in [0.15, 0.2) is 0 Å². The molecular weight excluding hydrogens is 508 g/mol. The van der Waals surface area contributed by atoms with Crippen molar-refractivity contribution in [1.29, 1.82) is 0 Å². The summed E-state index contributed by atoms with van der Waals surface area (Å²) in [5, 5.41) is 0. The maximum Gasteiger partial charge on any atom is 0.313 e. The number of hydrogen-bond acceptors (Lipinski definition) is 4. The number of hydrogen-bond donors (Lipinski definition) is 0. The van der Waals surface area contributed by atoms with Crippen LogP contribution in [0.15, 0.2) is 69.9 Å². The predicted molar refractivity (Wildman–Crippen MR) is 174 cm³/mol. The van der Waals surface area contributed by atoms with Crippen LogP contribution in [0, 0.1) is 17.3 Å². The molecule has 0 saturated heterocycles. The van der Waals surface area contributed by atoms with Crippen LogP contribution in [-0.2, 0) is 19.1 Å². The van der Waals surface area contributed by atoms with Crippen LogP contribution in [0.5, 0.6) is 0 Å². The molecule has 0 heterocycles. The first-order valence-corrected chi connectivity index (χ1v) is 15.4. The summed E-state index contributed by atoms with van der Waals surface area (Å²) in [6.45, 7) is 17.0. The van der Waals surface area contributed by atoms with Crippen molar-refractivity contribution in [3.63, 3.8) is 0 Å². The van der Waals surface area contributed by atoms with Crippen LogP contribution in [0.2, 0.25) is 0 Å². The molecule has 1 rings (SSSR count). The number of allylic oxidation sites excluding steroid dienone is 12. The Kier molecular flexibility index (Phi) is 16.6. The Bertz CT molecular complexity index is 1040. The van der Waals surface area contributed by atoms with Gasteiger partial charge < -0.3 is 9.47 Å². The van der Waals surface area contributed by atoms with E-state index in [0.717, 1.165) is 51.4 Å². The minimum Gasteiger partial charge on any atom is -0.469 e. The minimum absolute atomic E-state index is 0.137. The normalized spacial score (nSPS) is 21.6. The Morgan fingerprint density at radius 3 is 1.73 bits per heavy atom. The number of rotatable bonds is 16. The first-order chi connectivity index (χ1) is 19.3. The standard InChI is InChI=1S/C37H58O4/c1-27(2)15-11-17-29(5)19-13-20-31(7)23-24-33-25-32(22-14-21-30(6)18-12-16-28(3)4)26-34(35(38)40-9)37(33,8)36(39)41-10/h15-16,19,21,23,25,33-34H,11-14,17-18,20,22,24,26H2,1-10H3/b29-19+,30-21+,31-23+. The molecule has 0 fully saturated rings. The van der Waals surface area contributed by atoms with E-state index >= 15 is 0 Å². The third kappa shape index (κ3) is 12.8. The highest BCUT2D eigenvalue weighted by Crippen LogP contribution is 2.48. The molecule has 0 saturated carbocycles. The van der Waals surface area contributed by atoms with Crippen LogP contribution >= 0.6 is 0 Å². The smallest absolute Gasteiger partial charge is 0.313 e. The SMILES string of the molecule is COC(=O)C1CC(CC/C=C(\C)CCC=C(C)C)=CC(C/C=C(\C)CC/C=C(\C)CCC=C(C)C)C1(C)C(=O)OC. The van der Waals surface area contributed by atoms with Gasteiger partial charge in [-0.05, 0) is 126 Å². The molecule has 1 aliphatic carbocycles. The molecule has 0 radical (unpaired) electrons. The molecule has 4 nitrogen and oxygen atoms in total. The summed E-state index contributed by atoms with van der Waals surface area (Å²) in [5.41, 5.74) is 7.09. The second-order valence-electron chi connectivity index (χ2n) is 12.6. The van der Waals surface area contributed by atoms with E-state index in [2.05, 4.69) is 84.9 Å². The summed E-state index contributed by atoms with van der Waals surface area (Å²) in [5.74, 6) is -1.38. The lowest BCUT2D eigenvalue weighted by molar-refractivity contribution is -0.169. The fourth-order valence-corrected chi connectivity index (χ4v) is 5.60. The van der Waals surface area contributed by atoms with Crippen LogP contribution in [0.25, 0.3) is 0 Å². The van der Waals surface area contributed by atoms with Crippen molar-refractivity contribution in [3.8, 4) is 0 Å². The Labute approximate surface area is 251 Å². The van der Waals surface area contributed by atoms with E-state index in [1.54, 1.807) is 0 Å². The van der Waals surface area contributed by atoms with Gasteiger partial charge in [0.05, 0.1) is 25.6 Å². The zero-order valence-electron chi connectivity index (χ0n) is 27.8. The molecule has 0 aromatic rings. The molecule has 1 aliphatic rings. The van der Waals surface area contributed by atoms with Crippen molar-refractivity contribution in [1.82, 2.24) is 0 Å². The van der Waals surface area contributed by atoms with Crippen molar-refractivity contribution in [2.24, 2.45) is 17.3 Å². The molecule has 0 bridgehead atoms. The van der Waals surface area contributed by atoms with Crippen molar-refractivity contribution in [2.75, 3.05) is 14.2 Å². The molecule has 3 atom stereocenters. The topological polar surface area (TPSA) is 52.6 Å². The van der Waals surface area contributed by atoms with Gasteiger partial charge in [-0.2, -0.15) is 0 Å². The summed E-state index contributed by atoms with van der Waals surface area (Å²) in [4.78, 5) is 26.2. The van der Waals surface area contributed by atoms with E-state index in [1.807, 2.05) is 6.92 Å². The average Bonchev–Trinajstić information content (AvgIpc) is 2.91. The second-order valence-corrected chi connectivity index (χ2v) is 12.6. The van der Waals surface area contributed by atoms with Gasteiger partial charge in [-0.15, -0.1) is 0 Å². The number of methoxy groups -OCH3 is 2. The van der Waals surface area contributed by atoms with Crippen LogP contribution < -0.4 is 0 Å². The molecule has 0 aliphatic heterocycles. The van der Waals surface area contributed by atoms with Gasteiger partial charge in [-0.3, -0.25) is 9.59 Å². The van der Waals surface area contributed by atoms with Gasteiger partial charge in [-0.1, -0.05) is 69.9 Å². The molecule has 41 heavy (non-hydrogen) atoms. The number of esters is 2. The van der Waals surface area contributed by atoms with Gasteiger partial charge in [0.2, 0.25) is 0 Å². The van der Waals surface area contributed by atoms with Crippen molar-refractivity contribution in [3.05, 3.63) is 69.9 Å². The summed E-state index contributed by atoms with van der Waals surface area (Å²) >= 11 is 0. The lowest BCUT2D eigenvalue weighted by Gasteiger charge is -2.42. The monoisotopic (exact) mass is 566 g/mol. The Morgan fingerprint density at radius 1 is 0.756 bits per heavy atom. The van der Waals surface area contributed by atoms with Gasteiger partial charge in [0.25, 0.3) is 0 Å². The lowest BCUT2D eigenvalue weighted by Crippen LogP contribution is -2.48. The molecule has 0 aromatic heterocycles. The van der Waals surface area contributed by atoms with Gasteiger partial charge >= 0.3 is 11.9 Å². The van der Waals surface area contributed by atoms with E-state index in [0.29, 0.717) is 12.8 Å². The zero-order chi connectivity index (χ0) is 31.0. The highest BCUT2D eigenvalue weighted by molar-refractivity contribution is 5.86. The quantitative estimate of drug-likeness (QED) is 0.138. The van der Waals surface area contributed by atoms with E-state index in [1.165, 1.54) is 47.7 Å². The van der Waals surface area contributed by atoms with Crippen LogP contribution in [0.3, 0.4) is 0 Å². The van der Waals surface area contributed by atoms with Gasteiger partial charge in [0.1, 0.15) is 0 Å². The molecule has 0 N–H and O–H groups in total. The summed E-state index contributed by atoms with van der Waals surface area (Å²) < 4.78 is 10.5. The van der Waals surface area contributed by atoms with E-state index in [9.17, 15) is 9.59 Å². The Morgan fingerprint density at radius 2 is 1.24 bits per heavy atom. The predicted octanol–water partition coefficient (Wildman–Crippen LogP) is 10.2. The maximum atomic E-state index is 13.2.